The Hall–Kier alpha value is -0.900. The quantitative estimate of drug-likeness (QED) is 0.808. The van der Waals surface area contributed by atoms with E-state index in [0.29, 0.717) is 12.1 Å². The highest BCUT2D eigenvalue weighted by Crippen LogP contribution is 2.32. The number of alkyl halides is 3. The van der Waals surface area contributed by atoms with E-state index in [1.165, 1.54) is 0 Å². The van der Waals surface area contributed by atoms with E-state index in [0.717, 1.165) is 25.5 Å². The van der Waals surface area contributed by atoms with Crippen molar-refractivity contribution >= 4 is 22.4 Å². The Labute approximate surface area is 131 Å². The molecule has 0 radical (unpaired) electrons. The molecule has 0 bridgehead atoms. The Morgan fingerprint density at radius 3 is 2.55 bits per heavy atom. The molecule has 1 aromatic carbocycles. The van der Waals surface area contributed by atoms with Gasteiger partial charge in [-0.1, -0.05) is 0 Å². The number of benzene rings is 1. The van der Waals surface area contributed by atoms with Gasteiger partial charge in [-0.2, -0.15) is 13.2 Å². The second-order valence-electron chi connectivity index (χ2n) is 4.78. The van der Waals surface area contributed by atoms with Gasteiger partial charge in [-0.3, -0.25) is 0 Å². The van der Waals surface area contributed by atoms with Gasteiger partial charge in [0.1, 0.15) is 5.82 Å². The summed E-state index contributed by atoms with van der Waals surface area (Å²) in [7, 11) is -4.10. The predicted octanol–water partition coefficient (Wildman–Crippen LogP) is 2.30. The van der Waals surface area contributed by atoms with Crippen LogP contribution < -0.4 is 10.0 Å². The van der Waals surface area contributed by atoms with Crippen LogP contribution in [0.15, 0.2) is 23.1 Å². The van der Waals surface area contributed by atoms with Gasteiger partial charge in [0.15, 0.2) is 0 Å². The fourth-order valence-corrected chi connectivity index (χ4v) is 3.22. The minimum absolute atomic E-state index is 0. The van der Waals surface area contributed by atoms with Crippen LogP contribution in [0.4, 0.5) is 17.6 Å². The van der Waals surface area contributed by atoms with Crippen molar-refractivity contribution in [3.8, 4) is 0 Å². The molecule has 1 aromatic rings. The average molecular weight is 363 g/mol. The van der Waals surface area contributed by atoms with E-state index in [1.54, 1.807) is 0 Å². The van der Waals surface area contributed by atoms with Gasteiger partial charge >= 0.3 is 6.18 Å². The third kappa shape index (κ3) is 4.55. The molecule has 1 aliphatic heterocycles. The lowest BCUT2D eigenvalue weighted by Gasteiger charge is -2.13. The number of hydrogen-bond acceptors (Lipinski definition) is 3. The summed E-state index contributed by atoms with van der Waals surface area (Å²) < 4.78 is 77.0. The zero-order chi connectivity index (χ0) is 15.7. The van der Waals surface area contributed by atoms with Gasteiger partial charge in [-0.05, 0) is 37.6 Å². The Morgan fingerprint density at radius 2 is 2.00 bits per heavy atom. The molecule has 126 valence electrons. The number of halogens is 5. The summed E-state index contributed by atoms with van der Waals surface area (Å²) >= 11 is 0. The maximum absolute atomic E-state index is 13.1. The largest absolute Gasteiger partial charge is 0.419 e. The first-order valence-electron chi connectivity index (χ1n) is 6.30. The van der Waals surface area contributed by atoms with Crippen LogP contribution in [-0.4, -0.2) is 27.5 Å². The standard InChI is InChI=1S/C12H14F4N2O2S.ClH/c13-11-4-3-9(6-10(11)12(14,15)16)21(19,20)18-7-8-2-1-5-17-8;/h3-4,6,8,17-18H,1-2,5,7H2;1H. The van der Waals surface area contributed by atoms with Crippen molar-refractivity contribution in [2.75, 3.05) is 13.1 Å². The molecular weight excluding hydrogens is 348 g/mol. The van der Waals surface area contributed by atoms with Crippen molar-refractivity contribution in [2.24, 2.45) is 0 Å². The molecule has 0 saturated carbocycles. The van der Waals surface area contributed by atoms with E-state index in [9.17, 15) is 26.0 Å². The van der Waals surface area contributed by atoms with E-state index < -0.39 is 32.5 Å². The maximum Gasteiger partial charge on any atom is 0.419 e. The van der Waals surface area contributed by atoms with Gasteiger partial charge in [0, 0.05) is 12.6 Å². The lowest BCUT2D eigenvalue weighted by Crippen LogP contribution is -2.37. The lowest BCUT2D eigenvalue weighted by molar-refractivity contribution is -0.140. The van der Waals surface area contributed by atoms with Gasteiger partial charge < -0.3 is 5.32 Å². The van der Waals surface area contributed by atoms with Gasteiger partial charge in [0.05, 0.1) is 10.5 Å². The Morgan fingerprint density at radius 1 is 1.32 bits per heavy atom. The van der Waals surface area contributed by atoms with Crippen LogP contribution in [0.25, 0.3) is 0 Å². The van der Waals surface area contributed by atoms with E-state index in [-0.39, 0.29) is 25.0 Å². The van der Waals surface area contributed by atoms with Gasteiger partial charge in [0.25, 0.3) is 0 Å². The highest BCUT2D eigenvalue weighted by Gasteiger charge is 2.35. The number of rotatable bonds is 4. The molecule has 0 aliphatic carbocycles. The van der Waals surface area contributed by atoms with Crippen LogP contribution >= 0.6 is 12.4 Å². The van der Waals surface area contributed by atoms with Gasteiger partial charge in [-0.15, -0.1) is 12.4 Å². The minimum atomic E-state index is -4.94. The molecule has 22 heavy (non-hydrogen) atoms. The van der Waals surface area contributed by atoms with Crippen molar-refractivity contribution in [3.05, 3.63) is 29.6 Å². The Kier molecular flexibility index (Phi) is 6.19. The Balaban J connectivity index is 0.00000242. The van der Waals surface area contributed by atoms with Crippen LogP contribution in [0.1, 0.15) is 18.4 Å². The molecule has 0 spiro atoms. The molecule has 1 heterocycles. The monoisotopic (exact) mass is 362 g/mol. The molecule has 1 fully saturated rings. The molecule has 2 N–H and O–H groups in total. The number of sulfonamides is 1. The fraction of sp³-hybridized carbons (Fsp3) is 0.500. The highest BCUT2D eigenvalue weighted by molar-refractivity contribution is 7.89. The minimum Gasteiger partial charge on any atom is -0.313 e. The summed E-state index contributed by atoms with van der Waals surface area (Å²) in [5.41, 5.74) is -1.59. The number of nitrogens with one attached hydrogen (secondary N) is 2. The van der Waals surface area contributed by atoms with Crippen LogP contribution in [-0.2, 0) is 16.2 Å². The van der Waals surface area contributed by atoms with Crippen molar-refractivity contribution in [3.63, 3.8) is 0 Å². The second kappa shape index (κ2) is 7.12. The van der Waals surface area contributed by atoms with Crippen molar-refractivity contribution < 1.29 is 26.0 Å². The molecule has 2 rings (SSSR count). The second-order valence-corrected chi connectivity index (χ2v) is 6.55. The molecule has 0 aromatic heterocycles. The van der Waals surface area contributed by atoms with Gasteiger partial charge in [-0.25, -0.2) is 17.5 Å². The van der Waals surface area contributed by atoms with E-state index in [4.69, 9.17) is 0 Å². The predicted molar refractivity (Wildman–Crippen MR) is 74.9 cm³/mol. The van der Waals surface area contributed by atoms with E-state index in [1.807, 2.05) is 0 Å². The van der Waals surface area contributed by atoms with Crippen molar-refractivity contribution in [1.82, 2.24) is 10.0 Å². The summed E-state index contributed by atoms with van der Waals surface area (Å²) in [5.74, 6) is -1.50. The first-order valence-corrected chi connectivity index (χ1v) is 7.78. The fourth-order valence-electron chi connectivity index (χ4n) is 2.11. The molecule has 1 saturated heterocycles. The summed E-state index contributed by atoms with van der Waals surface area (Å²) in [4.78, 5) is -0.603. The third-order valence-corrected chi connectivity index (χ3v) is 4.66. The zero-order valence-electron chi connectivity index (χ0n) is 11.3. The normalized spacial score (nSPS) is 19.0. The van der Waals surface area contributed by atoms with Crippen LogP contribution in [0, 0.1) is 5.82 Å². The zero-order valence-corrected chi connectivity index (χ0v) is 12.9. The lowest BCUT2D eigenvalue weighted by atomic mass is 10.2. The average Bonchev–Trinajstić information content (AvgIpc) is 2.88. The topological polar surface area (TPSA) is 58.2 Å². The van der Waals surface area contributed by atoms with Crippen LogP contribution in [0.5, 0.6) is 0 Å². The summed E-state index contributed by atoms with van der Waals surface area (Å²) in [5, 5.41) is 3.06. The molecular formula is C12H15ClF4N2O2S. The van der Waals surface area contributed by atoms with Crippen LogP contribution in [0.2, 0.25) is 0 Å². The van der Waals surface area contributed by atoms with Crippen LogP contribution in [0.3, 0.4) is 0 Å². The SMILES string of the molecule is Cl.O=S(=O)(NCC1CCCN1)c1ccc(F)c(C(F)(F)F)c1. The first kappa shape index (κ1) is 19.1. The number of hydrogen-bond donors (Lipinski definition) is 2. The third-order valence-electron chi connectivity index (χ3n) is 3.24. The molecule has 1 atom stereocenters. The Bertz CT molecular complexity index is 616. The highest BCUT2D eigenvalue weighted by atomic mass is 35.5. The maximum atomic E-state index is 13.1. The van der Waals surface area contributed by atoms with Crippen molar-refractivity contribution in [2.45, 2.75) is 30.0 Å². The van der Waals surface area contributed by atoms with Gasteiger partial charge in [0.2, 0.25) is 10.0 Å². The van der Waals surface area contributed by atoms with E-state index in [2.05, 4.69) is 10.0 Å². The molecule has 0 amide bonds. The summed E-state index contributed by atoms with van der Waals surface area (Å²) in [6.07, 6.45) is -3.23. The first-order chi connectivity index (χ1) is 9.70. The van der Waals surface area contributed by atoms with Crippen molar-refractivity contribution in [1.29, 1.82) is 0 Å². The molecule has 10 heteroatoms. The summed E-state index contributed by atoms with van der Waals surface area (Å²) in [6.45, 7) is 0.863. The molecule has 1 unspecified atom stereocenters. The molecule has 1 aliphatic rings. The van der Waals surface area contributed by atoms with E-state index >= 15 is 0 Å². The smallest absolute Gasteiger partial charge is 0.313 e. The summed E-state index contributed by atoms with van der Waals surface area (Å²) in [6, 6.07) is 1.59. The molecule has 4 nitrogen and oxygen atoms in total.